The Bertz CT molecular complexity index is 875. The van der Waals surface area contributed by atoms with Crippen LogP contribution in [-0.2, 0) is 0 Å². The van der Waals surface area contributed by atoms with Crippen LogP contribution in [0.15, 0.2) is 23.8 Å². The Kier molecular flexibility index (Phi) is 3.92. The highest BCUT2D eigenvalue weighted by Gasteiger charge is 2.59. The van der Waals surface area contributed by atoms with Crippen LogP contribution in [0.5, 0.6) is 0 Å². The average Bonchev–Trinajstić information content (AvgIpc) is 3.12. The third kappa shape index (κ3) is 3.58. The van der Waals surface area contributed by atoms with Gasteiger partial charge in [-0.1, -0.05) is 58.3 Å². The van der Waals surface area contributed by atoms with Crippen molar-refractivity contribution in [1.29, 1.82) is 0 Å². The van der Waals surface area contributed by atoms with E-state index in [4.69, 9.17) is 9.60 Å². The fraction of sp³-hybridized carbons (Fsp3) is 0.857. The summed E-state index contributed by atoms with van der Waals surface area (Å²) >= 11 is 0. The molecule has 1 nitrogen and oxygen atoms in total. The van der Waals surface area contributed by atoms with E-state index >= 15 is 0 Å². The summed E-state index contributed by atoms with van der Waals surface area (Å²) in [7, 11) is 0. The Labute approximate surface area is 190 Å². The smallest absolute Gasteiger partial charge is 0.0577 e. The highest BCUT2D eigenvalue weighted by Crippen LogP contribution is 2.67. The standard InChI is InChI=1S/C28H46O/c1-18(2)19(3)7-8-20(4)24-11-12-25-23-10-9-21-17-22(29)13-15-27(21,5)26(23)14-16-28(24,25)6/h9,18,20,22-26,29H,3,7-8,10-17H2,1-2,4-6H3/t20-,22+,23?,24-,25?,26?,27+,28-/m1/s1/i1D3,2D3,18D. The summed E-state index contributed by atoms with van der Waals surface area (Å²) in [5.41, 5.74) is 1.97. The van der Waals surface area contributed by atoms with Gasteiger partial charge in [-0.3, -0.25) is 0 Å². The van der Waals surface area contributed by atoms with E-state index in [2.05, 4.69) is 33.4 Å². The summed E-state index contributed by atoms with van der Waals surface area (Å²) in [4.78, 5) is 0. The Morgan fingerprint density at radius 1 is 1.24 bits per heavy atom. The molecule has 29 heavy (non-hydrogen) atoms. The highest BCUT2D eigenvalue weighted by atomic mass is 16.3. The van der Waals surface area contributed by atoms with Crippen molar-refractivity contribution in [3.05, 3.63) is 23.8 Å². The first-order valence-corrected chi connectivity index (χ1v) is 12.0. The van der Waals surface area contributed by atoms with E-state index in [-0.39, 0.29) is 28.9 Å². The first-order valence-electron chi connectivity index (χ1n) is 15.5. The van der Waals surface area contributed by atoms with Gasteiger partial charge in [0.15, 0.2) is 0 Å². The molecule has 1 heteroatoms. The number of fused-ring (bicyclic) bond motifs is 5. The summed E-state index contributed by atoms with van der Waals surface area (Å²) in [5.74, 6) is 0.263. The molecule has 4 rings (SSSR count). The molecule has 0 aliphatic heterocycles. The van der Waals surface area contributed by atoms with Crippen molar-refractivity contribution in [2.45, 2.75) is 105 Å². The zero-order valence-corrected chi connectivity index (χ0v) is 18.8. The van der Waals surface area contributed by atoms with Crippen molar-refractivity contribution in [3.8, 4) is 0 Å². The Hall–Kier alpha value is -0.560. The van der Waals surface area contributed by atoms with Crippen LogP contribution < -0.4 is 0 Å². The van der Waals surface area contributed by atoms with Gasteiger partial charge in [-0.25, -0.2) is 0 Å². The van der Waals surface area contributed by atoms with Gasteiger partial charge in [0.05, 0.1) is 6.10 Å². The molecule has 164 valence electrons. The molecule has 4 aliphatic carbocycles. The zero-order valence-electron chi connectivity index (χ0n) is 25.8. The molecule has 3 saturated carbocycles. The average molecular weight is 406 g/mol. The van der Waals surface area contributed by atoms with E-state index in [0.29, 0.717) is 36.0 Å². The van der Waals surface area contributed by atoms with E-state index < -0.39 is 19.6 Å². The van der Waals surface area contributed by atoms with Gasteiger partial charge in [-0.2, -0.15) is 0 Å². The van der Waals surface area contributed by atoms with Crippen molar-refractivity contribution in [2.75, 3.05) is 0 Å². The topological polar surface area (TPSA) is 20.2 Å². The molecule has 0 heterocycles. The normalized spacial score (nSPS) is 50.0. The van der Waals surface area contributed by atoms with Gasteiger partial charge in [0.2, 0.25) is 0 Å². The third-order valence-corrected chi connectivity index (χ3v) is 10.1. The summed E-state index contributed by atoms with van der Waals surface area (Å²) < 4.78 is 55.0. The molecule has 8 atom stereocenters. The predicted molar refractivity (Wildman–Crippen MR) is 124 cm³/mol. The zero-order chi connectivity index (χ0) is 26.9. The number of hydrogen-bond acceptors (Lipinski definition) is 1. The van der Waals surface area contributed by atoms with Gasteiger partial charge in [0.25, 0.3) is 0 Å². The van der Waals surface area contributed by atoms with Gasteiger partial charge in [0.1, 0.15) is 0 Å². The lowest BCUT2D eigenvalue weighted by atomic mass is 9.47. The second-order valence-electron chi connectivity index (χ2n) is 11.4. The molecule has 4 aliphatic rings. The quantitative estimate of drug-likeness (QED) is 0.468. The summed E-state index contributed by atoms with van der Waals surface area (Å²) in [6.45, 7) is 5.10. The second-order valence-corrected chi connectivity index (χ2v) is 11.4. The van der Waals surface area contributed by atoms with Gasteiger partial charge in [-0.15, -0.1) is 0 Å². The first-order chi connectivity index (χ1) is 16.5. The first kappa shape index (κ1) is 14.5. The van der Waals surface area contributed by atoms with E-state index in [9.17, 15) is 5.11 Å². The van der Waals surface area contributed by atoms with Crippen LogP contribution in [0.2, 0.25) is 0 Å². The van der Waals surface area contributed by atoms with Gasteiger partial charge in [-0.05, 0) is 111 Å². The molecule has 0 spiro atoms. The number of aliphatic hydroxyl groups is 1. The van der Waals surface area contributed by atoms with E-state index in [1.54, 1.807) is 0 Å². The third-order valence-electron chi connectivity index (χ3n) is 10.1. The monoisotopic (exact) mass is 405 g/mol. The molecule has 0 aromatic carbocycles. The fourth-order valence-electron chi connectivity index (χ4n) is 8.35. The minimum atomic E-state index is -2.94. The molecule has 0 amide bonds. The molecule has 0 aromatic rings. The van der Waals surface area contributed by atoms with Gasteiger partial charge in [0, 0.05) is 9.60 Å². The molecular weight excluding hydrogens is 352 g/mol. The van der Waals surface area contributed by atoms with Crippen molar-refractivity contribution in [1.82, 2.24) is 0 Å². The van der Waals surface area contributed by atoms with Crippen molar-refractivity contribution in [3.63, 3.8) is 0 Å². The van der Waals surface area contributed by atoms with Crippen LogP contribution in [0.4, 0.5) is 0 Å². The van der Waals surface area contributed by atoms with Crippen LogP contribution in [0.1, 0.15) is 108 Å². The van der Waals surface area contributed by atoms with Crippen LogP contribution in [0.3, 0.4) is 0 Å². The SMILES string of the molecule is [2H]C([2H])([2H])C([2H])(C(=C)CC[C@@H](C)[C@H]1CCC2C3CC=C4C[C@@H](O)CC[C@]4(C)C3CC[C@@]21C)C([2H])([2H])[2H]. The van der Waals surface area contributed by atoms with E-state index in [1.165, 1.54) is 24.8 Å². The maximum absolute atomic E-state index is 10.3. The molecular formula is C28H46O. The van der Waals surface area contributed by atoms with Crippen molar-refractivity contribution < 1.29 is 14.7 Å². The molecule has 0 aromatic heterocycles. The Morgan fingerprint density at radius 3 is 2.79 bits per heavy atom. The van der Waals surface area contributed by atoms with Crippen molar-refractivity contribution in [2.24, 2.45) is 46.3 Å². The summed E-state index contributed by atoms with van der Waals surface area (Å²) in [6, 6.07) is 0. The number of allylic oxidation sites excluding steroid dienone is 2. The van der Waals surface area contributed by atoms with Crippen LogP contribution in [0.25, 0.3) is 0 Å². The second kappa shape index (κ2) is 7.85. The van der Waals surface area contributed by atoms with E-state index in [0.717, 1.165) is 32.1 Å². The maximum atomic E-state index is 10.3. The lowest BCUT2D eigenvalue weighted by Crippen LogP contribution is -2.50. The Balaban J connectivity index is 1.47. The summed E-state index contributed by atoms with van der Waals surface area (Å²) in [6.07, 6.45) is 12.0. The number of aliphatic hydroxyl groups excluding tert-OH is 1. The number of rotatable bonds is 5. The molecule has 0 radical (unpaired) electrons. The number of hydrogen-bond donors (Lipinski definition) is 1. The largest absolute Gasteiger partial charge is 0.393 e. The van der Waals surface area contributed by atoms with Crippen LogP contribution in [0, 0.1) is 46.3 Å². The molecule has 0 bridgehead atoms. The van der Waals surface area contributed by atoms with Gasteiger partial charge < -0.3 is 5.11 Å². The fourth-order valence-corrected chi connectivity index (χ4v) is 8.35. The van der Waals surface area contributed by atoms with E-state index in [1.807, 2.05) is 0 Å². The predicted octanol–water partition coefficient (Wildman–Crippen LogP) is 7.55. The molecule has 3 fully saturated rings. The lowest BCUT2D eigenvalue weighted by molar-refractivity contribution is -0.0571. The minimum Gasteiger partial charge on any atom is -0.393 e. The minimum absolute atomic E-state index is 0.00937. The molecule has 3 unspecified atom stereocenters. The van der Waals surface area contributed by atoms with Crippen molar-refractivity contribution >= 4 is 0 Å². The van der Waals surface area contributed by atoms with Crippen LogP contribution >= 0.6 is 0 Å². The summed E-state index contributed by atoms with van der Waals surface area (Å²) in [5, 5.41) is 10.3. The maximum Gasteiger partial charge on any atom is 0.0577 e. The van der Waals surface area contributed by atoms with Crippen LogP contribution in [-0.4, -0.2) is 11.2 Å². The van der Waals surface area contributed by atoms with Gasteiger partial charge >= 0.3 is 0 Å². The highest BCUT2D eigenvalue weighted by molar-refractivity contribution is 5.25. The molecule has 0 saturated heterocycles. The lowest BCUT2D eigenvalue weighted by Gasteiger charge is -2.58. The molecule has 1 N–H and O–H groups in total. The Morgan fingerprint density at radius 2 is 2.03 bits per heavy atom.